The van der Waals surface area contributed by atoms with Gasteiger partial charge in [-0.3, -0.25) is 4.79 Å². The number of unbranched alkanes of at least 4 members (excludes halogenated alkanes) is 4. The minimum atomic E-state index is -1.06. The molecule has 0 fully saturated rings. The highest BCUT2D eigenvalue weighted by molar-refractivity contribution is 7.14. The van der Waals surface area contributed by atoms with Crippen LogP contribution in [0.15, 0.2) is 67.0 Å². The fraction of sp³-hybridized carbons (Fsp3) is 0.353. The molecule has 2 N–H and O–H groups in total. The van der Waals surface area contributed by atoms with Gasteiger partial charge < -0.3 is 15.2 Å². The molecule has 1 aliphatic carbocycles. The molecule has 5 rings (SSSR count). The Hall–Kier alpha value is -4.04. The number of nitrogens with zero attached hydrogens (tertiary/aromatic N) is 2. The molecule has 2 aromatic heterocycles. The van der Waals surface area contributed by atoms with Gasteiger partial charge in [0.2, 0.25) is 0 Å². The lowest BCUT2D eigenvalue weighted by Crippen LogP contribution is -2.42. The maximum absolute atomic E-state index is 12.7. The van der Waals surface area contributed by atoms with Crippen LogP contribution in [0.1, 0.15) is 71.1 Å². The van der Waals surface area contributed by atoms with Crippen LogP contribution in [0, 0.1) is 0 Å². The van der Waals surface area contributed by atoms with Crippen LogP contribution in [0.2, 0.25) is 0 Å². The topological polar surface area (TPSA) is 101 Å². The third kappa shape index (κ3) is 7.62. The quantitative estimate of drug-likeness (QED) is 0.153. The Balaban J connectivity index is 1.15. The second-order valence-corrected chi connectivity index (χ2v) is 11.9. The number of carbonyl (C=O) groups is 2. The summed E-state index contributed by atoms with van der Waals surface area (Å²) >= 11 is 1.47. The molecule has 8 heteroatoms. The second-order valence-electron chi connectivity index (χ2n) is 10.8. The molecule has 0 spiro atoms. The summed E-state index contributed by atoms with van der Waals surface area (Å²) in [6, 6.07) is 16.4. The van der Waals surface area contributed by atoms with Gasteiger partial charge in [-0.25, -0.2) is 14.8 Å². The lowest BCUT2D eigenvalue weighted by Gasteiger charge is -2.14. The van der Waals surface area contributed by atoms with E-state index in [2.05, 4.69) is 22.2 Å². The van der Waals surface area contributed by atoms with Crippen molar-refractivity contribution in [1.82, 2.24) is 15.3 Å². The van der Waals surface area contributed by atoms with E-state index in [1.54, 1.807) is 12.4 Å². The van der Waals surface area contributed by atoms with Gasteiger partial charge in [-0.1, -0.05) is 69.0 Å². The molecular weight excluding hydrogens is 546 g/mol. The van der Waals surface area contributed by atoms with Gasteiger partial charge in [0.25, 0.3) is 5.91 Å². The van der Waals surface area contributed by atoms with Crippen LogP contribution in [0.4, 0.5) is 0 Å². The smallest absolute Gasteiger partial charge is 0.326 e. The zero-order valence-corrected chi connectivity index (χ0v) is 24.8. The zero-order chi connectivity index (χ0) is 29.3. The van der Waals surface area contributed by atoms with Crippen molar-refractivity contribution in [2.75, 3.05) is 6.61 Å². The second kappa shape index (κ2) is 14.2. The molecule has 1 amide bonds. The fourth-order valence-electron chi connectivity index (χ4n) is 5.16. The average molecular weight is 584 g/mol. The number of aryl methyl sites for hydroxylation is 2. The molecule has 2 aromatic carbocycles. The lowest BCUT2D eigenvalue weighted by molar-refractivity contribution is -0.139. The van der Waals surface area contributed by atoms with Crippen molar-refractivity contribution in [3.63, 3.8) is 0 Å². The van der Waals surface area contributed by atoms with Crippen molar-refractivity contribution in [2.45, 2.75) is 70.8 Å². The number of aromatic nitrogens is 2. The summed E-state index contributed by atoms with van der Waals surface area (Å²) in [5.74, 6) is 0.0675. The highest BCUT2D eigenvalue weighted by Gasteiger charge is 2.24. The predicted molar refractivity (Wildman–Crippen MR) is 166 cm³/mol. The van der Waals surface area contributed by atoms with Crippen LogP contribution in [0.25, 0.3) is 22.5 Å². The number of carboxylic acids is 1. The van der Waals surface area contributed by atoms with Crippen molar-refractivity contribution in [3.8, 4) is 28.3 Å². The standard InChI is InChI=1S/C34H37N3O4S/c1-2-3-4-5-6-18-41-28-16-14-24(15-17-28)27-21-35-32(36-22-27)25-12-10-23(11-13-25)19-29(34(39)40)37-33(38)31-20-26-8-7-9-30(26)42-31/h10-17,20-22,29H,2-9,18-19H2,1H3,(H,37,38)(H,39,40). The molecule has 0 aliphatic heterocycles. The first-order chi connectivity index (χ1) is 20.5. The Kier molecular flexibility index (Phi) is 9.98. The first kappa shape index (κ1) is 29.5. The van der Waals surface area contributed by atoms with Crippen LogP contribution in [-0.2, 0) is 24.1 Å². The van der Waals surface area contributed by atoms with Gasteiger partial charge in [-0.05, 0) is 60.6 Å². The lowest BCUT2D eigenvalue weighted by atomic mass is 10.0. The van der Waals surface area contributed by atoms with Gasteiger partial charge in [0.1, 0.15) is 11.8 Å². The summed E-state index contributed by atoms with van der Waals surface area (Å²) in [6.45, 7) is 2.96. The molecule has 2 heterocycles. The molecule has 0 saturated heterocycles. The van der Waals surface area contributed by atoms with E-state index in [-0.39, 0.29) is 12.3 Å². The highest BCUT2D eigenvalue weighted by Crippen LogP contribution is 2.30. The van der Waals surface area contributed by atoms with E-state index in [1.807, 2.05) is 54.6 Å². The number of carboxylic acid groups (broad SMARTS) is 1. The maximum atomic E-state index is 12.7. The Morgan fingerprint density at radius 2 is 1.64 bits per heavy atom. The van der Waals surface area contributed by atoms with Crippen LogP contribution in [0.5, 0.6) is 5.75 Å². The van der Waals surface area contributed by atoms with E-state index in [1.165, 1.54) is 47.5 Å². The van der Waals surface area contributed by atoms with Crippen molar-refractivity contribution in [1.29, 1.82) is 0 Å². The van der Waals surface area contributed by atoms with Crippen LogP contribution in [0.3, 0.4) is 0 Å². The Labute approximate surface area is 251 Å². The van der Waals surface area contributed by atoms with E-state index in [0.717, 1.165) is 60.3 Å². The normalized spacial score (nSPS) is 13.0. The minimum absolute atomic E-state index is 0.185. The number of hydrogen-bond donors (Lipinski definition) is 2. The van der Waals surface area contributed by atoms with E-state index in [9.17, 15) is 14.7 Å². The summed E-state index contributed by atoms with van der Waals surface area (Å²) in [7, 11) is 0. The van der Waals surface area contributed by atoms with Gasteiger partial charge in [0.05, 0.1) is 11.5 Å². The molecule has 0 radical (unpaired) electrons. The fourth-order valence-corrected chi connectivity index (χ4v) is 6.32. The summed E-state index contributed by atoms with van der Waals surface area (Å²) < 4.78 is 5.87. The van der Waals surface area contributed by atoms with Gasteiger partial charge in [-0.2, -0.15) is 0 Å². The van der Waals surface area contributed by atoms with Gasteiger partial charge in [0.15, 0.2) is 5.82 Å². The SMILES string of the molecule is CCCCCCCOc1ccc(-c2cnc(-c3ccc(CC(NC(=O)c4cc5c(s4)CCC5)C(=O)O)cc3)nc2)cc1. The molecular formula is C34H37N3O4S. The minimum Gasteiger partial charge on any atom is -0.494 e. The Bertz CT molecular complexity index is 1460. The largest absolute Gasteiger partial charge is 0.494 e. The number of carbonyl (C=O) groups excluding carboxylic acids is 1. The van der Waals surface area contributed by atoms with Gasteiger partial charge in [-0.15, -0.1) is 11.3 Å². The maximum Gasteiger partial charge on any atom is 0.326 e. The number of hydrogen-bond acceptors (Lipinski definition) is 6. The van der Waals surface area contributed by atoms with Crippen molar-refractivity contribution in [3.05, 3.63) is 87.9 Å². The first-order valence-corrected chi connectivity index (χ1v) is 15.6. The number of ether oxygens (including phenoxy) is 1. The third-order valence-corrected chi connectivity index (χ3v) is 8.82. The average Bonchev–Trinajstić information content (AvgIpc) is 3.63. The predicted octanol–water partition coefficient (Wildman–Crippen LogP) is 7.14. The number of benzene rings is 2. The Morgan fingerprint density at radius 1 is 0.929 bits per heavy atom. The molecule has 1 aliphatic rings. The first-order valence-electron chi connectivity index (χ1n) is 14.8. The monoisotopic (exact) mass is 583 g/mol. The van der Waals surface area contributed by atoms with Crippen molar-refractivity contribution in [2.24, 2.45) is 0 Å². The van der Waals surface area contributed by atoms with E-state index in [4.69, 9.17) is 4.74 Å². The summed E-state index contributed by atoms with van der Waals surface area (Å²) in [6.07, 6.45) is 13.0. The number of nitrogens with one attached hydrogen (secondary N) is 1. The van der Waals surface area contributed by atoms with E-state index >= 15 is 0 Å². The van der Waals surface area contributed by atoms with Crippen LogP contribution >= 0.6 is 11.3 Å². The van der Waals surface area contributed by atoms with Crippen LogP contribution in [-0.4, -0.2) is 39.6 Å². The molecule has 0 saturated carbocycles. The van der Waals surface area contributed by atoms with Crippen molar-refractivity contribution < 1.29 is 19.4 Å². The third-order valence-electron chi connectivity index (χ3n) is 7.58. The molecule has 42 heavy (non-hydrogen) atoms. The molecule has 0 bridgehead atoms. The number of rotatable bonds is 14. The summed E-state index contributed by atoms with van der Waals surface area (Å²) in [5.41, 5.74) is 4.78. The highest BCUT2D eigenvalue weighted by atomic mass is 32.1. The zero-order valence-electron chi connectivity index (χ0n) is 24.0. The molecule has 218 valence electrons. The van der Waals surface area contributed by atoms with Gasteiger partial charge >= 0.3 is 5.97 Å². The Morgan fingerprint density at radius 3 is 2.33 bits per heavy atom. The van der Waals surface area contributed by atoms with Crippen molar-refractivity contribution >= 4 is 23.2 Å². The van der Waals surface area contributed by atoms with E-state index in [0.29, 0.717) is 10.7 Å². The van der Waals surface area contributed by atoms with Crippen LogP contribution < -0.4 is 10.1 Å². The van der Waals surface area contributed by atoms with E-state index < -0.39 is 12.0 Å². The number of amides is 1. The molecule has 7 nitrogen and oxygen atoms in total. The van der Waals surface area contributed by atoms with Gasteiger partial charge in [0, 0.05) is 34.8 Å². The summed E-state index contributed by atoms with van der Waals surface area (Å²) in [5, 5.41) is 12.5. The number of aliphatic carboxylic acids is 1. The number of fused-ring (bicyclic) bond motifs is 1. The number of thiophene rings is 1. The molecule has 4 aromatic rings. The summed E-state index contributed by atoms with van der Waals surface area (Å²) in [4.78, 5) is 35.6. The molecule has 1 atom stereocenters. The molecule has 1 unspecified atom stereocenters.